The van der Waals surface area contributed by atoms with Crippen molar-refractivity contribution in [3.05, 3.63) is 192 Å². The molecule has 9 aromatic rings. The number of hydrogen-bond acceptors (Lipinski definition) is 3. The summed E-state index contributed by atoms with van der Waals surface area (Å²) < 4.78 is 2.30. The summed E-state index contributed by atoms with van der Waals surface area (Å²) in [4.78, 5) is 10.7. The van der Waals surface area contributed by atoms with Crippen LogP contribution >= 0.6 is 0 Å². The zero-order valence-electron chi connectivity index (χ0n) is 40.1. The normalized spacial score (nSPS) is 12.1. The zero-order chi connectivity index (χ0) is 46.5. The van der Waals surface area contributed by atoms with Crippen molar-refractivity contribution in [1.29, 1.82) is 0 Å². The van der Waals surface area contributed by atoms with E-state index in [4.69, 9.17) is 9.97 Å². The summed E-state index contributed by atoms with van der Waals surface area (Å²) >= 11 is 0. The Morgan fingerprint density at radius 2 is 1.17 bits per heavy atom. The van der Waals surface area contributed by atoms with E-state index >= 15 is 0 Å². The highest BCUT2D eigenvalue weighted by atomic mass is 16.3. The van der Waals surface area contributed by atoms with Gasteiger partial charge in [-0.25, -0.2) is 4.98 Å². The standard InChI is InChI=1S/C62H61N3O/c1-39(2)46-35-52(40(3)4)59(66)54(36-46)60-64-58-51(22-17-23-57(58)65(60)56-29-28-50(62(9,10)61(6,7)8)38-53(56)44-20-15-12-16-21-44)48-32-47(42-18-13-11-14-19-42)33-49(34-48)55-37-45(30-31-63-55)43-26-24-41(5)25-27-43/h11-40,66H,1-10H3. The lowest BCUT2D eigenvalue weighted by atomic mass is 9.65. The maximum absolute atomic E-state index is 12.4. The molecule has 0 unspecified atom stereocenters. The molecule has 0 amide bonds. The van der Waals surface area contributed by atoms with Crippen LogP contribution in [0.3, 0.4) is 0 Å². The van der Waals surface area contributed by atoms with Crippen LogP contribution in [-0.4, -0.2) is 19.6 Å². The predicted octanol–water partition coefficient (Wildman–Crippen LogP) is 17.0. The third-order valence-electron chi connectivity index (χ3n) is 14.1. The second kappa shape index (κ2) is 17.4. The van der Waals surface area contributed by atoms with Crippen molar-refractivity contribution in [3.8, 4) is 78.6 Å². The summed E-state index contributed by atoms with van der Waals surface area (Å²) in [6.45, 7) is 22.5. The number of phenolic OH excluding ortho intramolecular Hbond substituents is 1. The average Bonchev–Trinajstić information content (AvgIpc) is 3.71. The van der Waals surface area contributed by atoms with E-state index in [0.29, 0.717) is 5.82 Å². The summed E-state index contributed by atoms with van der Waals surface area (Å²) in [5.41, 5.74) is 18.6. The second-order valence-corrected chi connectivity index (χ2v) is 20.2. The fraction of sp³-hybridized carbons (Fsp3) is 0.226. The maximum Gasteiger partial charge on any atom is 0.149 e. The Bertz CT molecular complexity index is 3200. The van der Waals surface area contributed by atoms with E-state index in [1.807, 2.05) is 6.20 Å². The van der Waals surface area contributed by atoms with Crippen molar-refractivity contribution in [2.75, 3.05) is 0 Å². The fourth-order valence-corrected chi connectivity index (χ4v) is 9.02. The fourth-order valence-electron chi connectivity index (χ4n) is 9.02. The molecule has 0 atom stereocenters. The van der Waals surface area contributed by atoms with E-state index in [0.717, 1.165) is 89.2 Å². The first-order valence-electron chi connectivity index (χ1n) is 23.4. The van der Waals surface area contributed by atoms with Gasteiger partial charge in [-0.15, -0.1) is 0 Å². The van der Waals surface area contributed by atoms with Crippen LogP contribution in [-0.2, 0) is 5.41 Å². The molecule has 7 aromatic carbocycles. The monoisotopic (exact) mass is 863 g/mol. The molecule has 4 nitrogen and oxygen atoms in total. The van der Waals surface area contributed by atoms with E-state index in [9.17, 15) is 5.11 Å². The van der Waals surface area contributed by atoms with Gasteiger partial charge in [-0.3, -0.25) is 9.55 Å². The highest BCUT2D eigenvalue weighted by Crippen LogP contribution is 2.47. The number of nitrogens with zero attached hydrogens (tertiary/aromatic N) is 3. The van der Waals surface area contributed by atoms with Gasteiger partial charge in [-0.05, 0) is 134 Å². The van der Waals surface area contributed by atoms with Crippen LogP contribution in [0.1, 0.15) is 96.4 Å². The van der Waals surface area contributed by atoms with Gasteiger partial charge in [-0.2, -0.15) is 0 Å². The molecule has 66 heavy (non-hydrogen) atoms. The molecule has 330 valence electrons. The molecule has 2 heterocycles. The lowest BCUT2D eigenvalue weighted by Gasteiger charge is -2.40. The molecule has 0 radical (unpaired) electrons. The highest BCUT2D eigenvalue weighted by Gasteiger charge is 2.35. The summed E-state index contributed by atoms with van der Waals surface area (Å²) in [6, 6.07) is 58.8. The SMILES string of the molecule is Cc1ccc(-c2ccnc(-c3cc(-c4ccccc4)cc(-c4cccc5c4nc(-c4cc(C(C)C)cc(C(C)C)c4O)n5-c4ccc(C(C)(C)C(C)(C)C)cc4-c4ccccc4)c3)c2)cc1. The lowest BCUT2D eigenvalue weighted by Crippen LogP contribution is -2.34. The van der Waals surface area contributed by atoms with Crippen LogP contribution in [0.2, 0.25) is 0 Å². The molecule has 0 spiro atoms. The highest BCUT2D eigenvalue weighted by molar-refractivity contribution is 5.98. The van der Waals surface area contributed by atoms with Gasteiger partial charge in [0.15, 0.2) is 0 Å². The van der Waals surface area contributed by atoms with Gasteiger partial charge in [0.25, 0.3) is 0 Å². The van der Waals surface area contributed by atoms with Crippen LogP contribution < -0.4 is 0 Å². The van der Waals surface area contributed by atoms with Gasteiger partial charge < -0.3 is 5.11 Å². The van der Waals surface area contributed by atoms with Gasteiger partial charge in [0.05, 0.1) is 28.0 Å². The minimum atomic E-state index is -0.131. The summed E-state index contributed by atoms with van der Waals surface area (Å²) in [7, 11) is 0. The van der Waals surface area contributed by atoms with E-state index in [2.05, 4.69) is 238 Å². The first kappa shape index (κ1) is 44.2. The number of aromatic hydroxyl groups is 1. The Morgan fingerprint density at radius 3 is 1.83 bits per heavy atom. The van der Waals surface area contributed by atoms with Crippen molar-refractivity contribution >= 4 is 11.0 Å². The van der Waals surface area contributed by atoms with Crippen LogP contribution in [0.25, 0.3) is 83.9 Å². The maximum atomic E-state index is 12.4. The number of phenols is 1. The Balaban J connectivity index is 1.35. The molecule has 1 N–H and O–H groups in total. The molecule has 0 bridgehead atoms. The van der Waals surface area contributed by atoms with Crippen molar-refractivity contribution in [2.45, 2.75) is 86.5 Å². The number of para-hydroxylation sites is 1. The number of benzene rings is 7. The number of aryl methyl sites for hydroxylation is 1. The third kappa shape index (κ3) is 8.26. The summed E-state index contributed by atoms with van der Waals surface area (Å²) in [6.07, 6.45) is 1.91. The topological polar surface area (TPSA) is 50.9 Å². The van der Waals surface area contributed by atoms with Crippen LogP contribution in [0, 0.1) is 12.3 Å². The minimum Gasteiger partial charge on any atom is -0.507 e. The molecule has 0 aliphatic rings. The Hall–Kier alpha value is -7.04. The number of imidazole rings is 1. The van der Waals surface area contributed by atoms with Gasteiger partial charge >= 0.3 is 0 Å². The average molecular weight is 864 g/mol. The minimum absolute atomic E-state index is 0.00517. The van der Waals surface area contributed by atoms with Crippen LogP contribution in [0.5, 0.6) is 5.75 Å². The van der Waals surface area contributed by atoms with Crippen molar-refractivity contribution in [3.63, 3.8) is 0 Å². The van der Waals surface area contributed by atoms with Crippen molar-refractivity contribution < 1.29 is 5.11 Å². The molecule has 0 aliphatic carbocycles. The summed E-state index contributed by atoms with van der Waals surface area (Å²) in [5.74, 6) is 1.32. The Kier molecular flexibility index (Phi) is 11.6. The third-order valence-corrected chi connectivity index (χ3v) is 14.1. The van der Waals surface area contributed by atoms with E-state index < -0.39 is 0 Å². The summed E-state index contributed by atoms with van der Waals surface area (Å²) in [5, 5.41) is 12.4. The quantitative estimate of drug-likeness (QED) is 0.149. The zero-order valence-corrected chi connectivity index (χ0v) is 40.1. The van der Waals surface area contributed by atoms with Crippen molar-refractivity contribution in [2.24, 2.45) is 5.41 Å². The number of pyridine rings is 1. The Labute approximate surface area is 391 Å². The molecule has 0 aliphatic heterocycles. The van der Waals surface area contributed by atoms with Crippen LogP contribution in [0.15, 0.2) is 170 Å². The first-order valence-corrected chi connectivity index (χ1v) is 23.4. The number of aromatic nitrogens is 3. The van der Waals surface area contributed by atoms with Gasteiger partial charge in [0.1, 0.15) is 11.6 Å². The molecule has 4 heteroatoms. The Morgan fingerprint density at radius 1 is 0.515 bits per heavy atom. The molecule has 0 fully saturated rings. The lowest BCUT2D eigenvalue weighted by molar-refractivity contribution is 0.225. The molecule has 0 saturated heterocycles. The largest absolute Gasteiger partial charge is 0.507 e. The van der Waals surface area contributed by atoms with Gasteiger partial charge in [0.2, 0.25) is 0 Å². The molecular formula is C62H61N3O. The molecule has 0 saturated carbocycles. The number of rotatable bonds is 10. The predicted molar refractivity (Wildman–Crippen MR) is 279 cm³/mol. The van der Waals surface area contributed by atoms with E-state index in [-0.39, 0.29) is 28.4 Å². The van der Waals surface area contributed by atoms with Gasteiger partial charge in [-0.1, -0.05) is 177 Å². The smallest absolute Gasteiger partial charge is 0.149 e. The van der Waals surface area contributed by atoms with Gasteiger partial charge in [0, 0.05) is 22.9 Å². The second-order valence-electron chi connectivity index (χ2n) is 20.2. The first-order chi connectivity index (χ1) is 31.6. The molecule has 2 aromatic heterocycles. The molecular weight excluding hydrogens is 803 g/mol. The van der Waals surface area contributed by atoms with Crippen molar-refractivity contribution in [1.82, 2.24) is 14.5 Å². The van der Waals surface area contributed by atoms with E-state index in [1.165, 1.54) is 11.1 Å². The molecule has 9 rings (SSSR count). The van der Waals surface area contributed by atoms with Crippen LogP contribution in [0.4, 0.5) is 0 Å². The number of fused-ring (bicyclic) bond motifs is 1. The van der Waals surface area contributed by atoms with E-state index in [1.54, 1.807) is 0 Å². The number of hydrogen-bond donors (Lipinski definition) is 1.